The normalized spacial score (nSPS) is 14.0. The quantitative estimate of drug-likeness (QED) is 0.206. The zero-order valence-electron chi connectivity index (χ0n) is 20.8. The van der Waals surface area contributed by atoms with Gasteiger partial charge in [-0.1, -0.05) is 18.2 Å². The number of nitrogens with one attached hydrogen (secondary N) is 2. The summed E-state index contributed by atoms with van der Waals surface area (Å²) in [7, 11) is 1.60. The van der Waals surface area contributed by atoms with Crippen LogP contribution in [-0.2, 0) is 6.42 Å². The largest absolute Gasteiger partial charge is 0.496 e. The molecule has 4 N–H and O–H groups in total. The summed E-state index contributed by atoms with van der Waals surface area (Å²) in [4.78, 5) is 17.5. The second-order valence-electron chi connectivity index (χ2n) is 9.43. The monoisotopic (exact) mass is 496 g/mol. The van der Waals surface area contributed by atoms with Crippen molar-refractivity contribution in [1.29, 1.82) is 5.41 Å². The molecule has 3 aromatic heterocycles. The van der Waals surface area contributed by atoms with Gasteiger partial charge in [-0.2, -0.15) is 4.98 Å². The first kappa shape index (κ1) is 23.0. The van der Waals surface area contributed by atoms with Crippen LogP contribution in [0.1, 0.15) is 48.5 Å². The summed E-state index contributed by atoms with van der Waals surface area (Å²) in [6.45, 7) is 1.84. The van der Waals surface area contributed by atoms with Gasteiger partial charge in [0.05, 0.1) is 12.5 Å². The van der Waals surface area contributed by atoms with Gasteiger partial charge in [-0.25, -0.2) is 9.97 Å². The summed E-state index contributed by atoms with van der Waals surface area (Å²) in [5.74, 6) is 2.46. The zero-order chi connectivity index (χ0) is 25.5. The Bertz CT molecular complexity index is 1630. The Hall–Kier alpha value is -4.40. The molecule has 0 spiro atoms. The van der Waals surface area contributed by atoms with E-state index in [1.54, 1.807) is 13.2 Å². The van der Waals surface area contributed by atoms with Crippen LogP contribution in [0.2, 0.25) is 0 Å². The van der Waals surface area contributed by atoms with Crippen molar-refractivity contribution in [1.82, 2.24) is 19.9 Å². The number of hydrogen-bond acceptors (Lipinski definition) is 7. The van der Waals surface area contributed by atoms with Gasteiger partial charge >= 0.3 is 0 Å². The molecule has 1 saturated carbocycles. The van der Waals surface area contributed by atoms with Gasteiger partial charge in [-0.15, -0.1) is 0 Å². The summed E-state index contributed by atoms with van der Waals surface area (Å²) >= 11 is 0. The van der Waals surface area contributed by atoms with E-state index < -0.39 is 0 Å². The van der Waals surface area contributed by atoms with Crippen LogP contribution in [0.5, 0.6) is 11.6 Å². The van der Waals surface area contributed by atoms with E-state index in [1.807, 2.05) is 43.5 Å². The van der Waals surface area contributed by atoms with Gasteiger partial charge in [0, 0.05) is 36.2 Å². The maximum atomic E-state index is 7.71. The van der Waals surface area contributed by atoms with Crippen LogP contribution >= 0.6 is 0 Å². The van der Waals surface area contributed by atoms with Crippen LogP contribution < -0.4 is 15.2 Å². The number of aromatic amines is 1. The van der Waals surface area contributed by atoms with Crippen molar-refractivity contribution in [3.63, 3.8) is 0 Å². The van der Waals surface area contributed by atoms with Gasteiger partial charge in [0.2, 0.25) is 5.88 Å². The van der Waals surface area contributed by atoms with E-state index in [0.29, 0.717) is 41.0 Å². The van der Waals surface area contributed by atoms with Gasteiger partial charge in [0.1, 0.15) is 34.7 Å². The Balaban J connectivity index is 1.44. The molecular formula is C28H28N6O3. The van der Waals surface area contributed by atoms with Crippen LogP contribution in [-0.4, -0.2) is 39.0 Å². The number of nitrogen functional groups attached to an aromatic ring is 1. The van der Waals surface area contributed by atoms with E-state index in [4.69, 9.17) is 35.0 Å². The fourth-order valence-corrected chi connectivity index (χ4v) is 5.04. The minimum Gasteiger partial charge on any atom is -0.496 e. The lowest BCUT2D eigenvalue weighted by Crippen LogP contribution is -2.14. The maximum absolute atomic E-state index is 7.71. The Morgan fingerprint density at radius 2 is 1.97 bits per heavy atom. The van der Waals surface area contributed by atoms with Crippen molar-refractivity contribution >= 4 is 28.0 Å². The summed E-state index contributed by atoms with van der Waals surface area (Å²) < 4.78 is 17.8. The topological polar surface area (TPSA) is 136 Å². The second-order valence-corrected chi connectivity index (χ2v) is 9.43. The Labute approximate surface area is 213 Å². The van der Waals surface area contributed by atoms with Crippen LogP contribution in [0.15, 0.2) is 47.0 Å². The fraction of sp³-hybridized carbons (Fsp3) is 0.286. The third-order valence-corrected chi connectivity index (χ3v) is 6.88. The smallest absolute Gasteiger partial charge is 0.227 e. The molecule has 188 valence electrons. The molecule has 2 aromatic carbocycles. The molecule has 0 aliphatic heterocycles. The van der Waals surface area contributed by atoms with E-state index in [9.17, 15) is 0 Å². The highest BCUT2D eigenvalue weighted by Gasteiger charge is 2.23. The fourth-order valence-electron chi connectivity index (χ4n) is 5.04. The van der Waals surface area contributed by atoms with E-state index >= 15 is 0 Å². The van der Waals surface area contributed by atoms with Gasteiger partial charge < -0.3 is 24.6 Å². The molecule has 9 heteroatoms. The van der Waals surface area contributed by atoms with Crippen molar-refractivity contribution in [2.24, 2.45) is 5.73 Å². The number of nitrogens with two attached hydrogens (primary N) is 1. The van der Waals surface area contributed by atoms with Crippen LogP contribution in [0.3, 0.4) is 0 Å². The van der Waals surface area contributed by atoms with Crippen molar-refractivity contribution in [3.05, 3.63) is 65.4 Å². The number of nitrogens with zero attached hydrogens (tertiary/aromatic N) is 3. The second kappa shape index (κ2) is 9.24. The minimum atomic E-state index is -0.00707. The average molecular weight is 497 g/mol. The van der Waals surface area contributed by atoms with Crippen molar-refractivity contribution < 1.29 is 13.9 Å². The van der Waals surface area contributed by atoms with E-state index in [2.05, 4.69) is 9.97 Å². The highest BCUT2D eigenvalue weighted by Crippen LogP contribution is 2.37. The molecule has 9 nitrogen and oxygen atoms in total. The first-order valence-electron chi connectivity index (χ1n) is 12.4. The lowest BCUT2D eigenvalue weighted by atomic mass is 10.0. The molecule has 1 aliphatic carbocycles. The summed E-state index contributed by atoms with van der Waals surface area (Å²) in [6, 6.07) is 11.5. The minimum absolute atomic E-state index is 0.00707. The number of ether oxygens (including phenoxy) is 2. The Morgan fingerprint density at radius 1 is 1.14 bits per heavy atom. The molecule has 0 amide bonds. The molecule has 0 bridgehead atoms. The lowest BCUT2D eigenvalue weighted by molar-refractivity contribution is 0.204. The number of oxazole rings is 1. The van der Waals surface area contributed by atoms with Crippen molar-refractivity contribution in [2.45, 2.75) is 45.1 Å². The van der Waals surface area contributed by atoms with Gasteiger partial charge in [0.15, 0.2) is 11.5 Å². The Morgan fingerprint density at radius 3 is 2.76 bits per heavy atom. The number of fused-ring (bicyclic) bond motifs is 2. The SMILES string of the molecule is COc1cc(C(=N)N)ccc1Cc1nc(OC2CCCC2)c2c(-c3ccc4nc(C)oc4c3)c[nH]c2n1. The number of aromatic nitrogens is 4. The predicted molar refractivity (Wildman–Crippen MR) is 141 cm³/mol. The van der Waals surface area contributed by atoms with Crippen molar-refractivity contribution in [3.8, 4) is 22.8 Å². The number of methoxy groups -OCH3 is 1. The zero-order valence-corrected chi connectivity index (χ0v) is 20.8. The number of aryl methyl sites for hydroxylation is 1. The molecule has 0 unspecified atom stereocenters. The summed E-state index contributed by atoms with van der Waals surface area (Å²) in [6.07, 6.45) is 6.87. The third-order valence-electron chi connectivity index (χ3n) is 6.88. The molecule has 6 rings (SSSR count). The molecule has 0 saturated heterocycles. The van der Waals surface area contributed by atoms with Gasteiger partial charge in [-0.3, -0.25) is 5.41 Å². The van der Waals surface area contributed by atoms with Crippen LogP contribution in [0.25, 0.3) is 33.3 Å². The van der Waals surface area contributed by atoms with Crippen LogP contribution in [0, 0.1) is 12.3 Å². The van der Waals surface area contributed by atoms with Gasteiger partial charge in [0.25, 0.3) is 0 Å². The van der Waals surface area contributed by atoms with Crippen LogP contribution in [0.4, 0.5) is 0 Å². The maximum Gasteiger partial charge on any atom is 0.227 e. The lowest BCUT2D eigenvalue weighted by Gasteiger charge is -2.15. The third kappa shape index (κ3) is 4.37. The number of H-pyrrole nitrogens is 1. The highest BCUT2D eigenvalue weighted by atomic mass is 16.5. The first-order chi connectivity index (χ1) is 18.0. The van der Waals surface area contributed by atoms with Crippen molar-refractivity contribution in [2.75, 3.05) is 7.11 Å². The molecule has 1 aliphatic rings. The standard InChI is InChI=1S/C28H28N6O3/c1-15-32-21-10-9-16(11-23(21)36-15)20-14-31-27-25(20)28(37-19-5-3-4-6-19)34-24(33-27)13-17-7-8-18(26(29)30)12-22(17)35-2/h7-12,14,19H,3-6,13H2,1-2H3,(H3,29,30)(H,31,33,34). The van der Waals surface area contributed by atoms with E-state index in [-0.39, 0.29) is 11.9 Å². The number of amidine groups is 1. The summed E-state index contributed by atoms with van der Waals surface area (Å²) in [5, 5.41) is 8.56. The highest BCUT2D eigenvalue weighted by molar-refractivity contribution is 5.98. The molecule has 37 heavy (non-hydrogen) atoms. The average Bonchev–Trinajstić information content (AvgIpc) is 3.63. The van der Waals surface area contributed by atoms with E-state index in [0.717, 1.165) is 58.9 Å². The predicted octanol–water partition coefficient (Wildman–Crippen LogP) is 5.28. The number of benzene rings is 2. The molecule has 3 heterocycles. The molecule has 0 radical (unpaired) electrons. The first-order valence-corrected chi connectivity index (χ1v) is 12.4. The molecule has 1 fully saturated rings. The summed E-state index contributed by atoms with van der Waals surface area (Å²) in [5.41, 5.74) is 11.4. The molecule has 5 aromatic rings. The molecule has 0 atom stereocenters. The number of hydrogen-bond donors (Lipinski definition) is 3. The molecular weight excluding hydrogens is 468 g/mol. The van der Waals surface area contributed by atoms with E-state index in [1.165, 1.54) is 0 Å². The van der Waals surface area contributed by atoms with Gasteiger partial charge in [-0.05, 0) is 49.4 Å². The number of rotatable bonds is 7. The Kier molecular flexibility index (Phi) is 5.75.